The zero-order valence-corrected chi connectivity index (χ0v) is 13.7. The maximum atomic E-state index is 6.07. The minimum Gasteiger partial charge on any atom is -0.487 e. The Morgan fingerprint density at radius 1 is 1.19 bits per heavy atom. The third kappa shape index (κ3) is 4.19. The Bertz CT molecular complexity index is 613. The van der Waals surface area contributed by atoms with Crippen LogP contribution in [0.15, 0.2) is 40.9 Å². The van der Waals surface area contributed by atoms with Crippen molar-refractivity contribution in [2.45, 2.75) is 25.0 Å². The standard InChI is InChI=1S/C17H20BrNO2/c1-20-11-17(10-19-15-5-6-15)21-16-7-3-12-8-14(18)4-2-13(12)9-16/h2-4,7-9,15,17,19H,5-6,10-11H2,1H3. The molecule has 0 spiro atoms. The van der Waals surface area contributed by atoms with Gasteiger partial charge in [-0.2, -0.15) is 0 Å². The Labute approximate surface area is 133 Å². The lowest BCUT2D eigenvalue weighted by Gasteiger charge is -2.19. The van der Waals surface area contributed by atoms with Gasteiger partial charge in [0.15, 0.2) is 0 Å². The average molecular weight is 350 g/mol. The van der Waals surface area contributed by atoms with Crippen LogP contribution in [0.1, 0.15) is 12.8 Å². The Hall–Kier alpha value is -1.10. The van der Waals surface area contributed by atoms with Gasteiger partial charge in [-0.1, -0.05) is 28.1 Å². The molecule has 112 valence electrons. The van der Waals surface area contributed by atoms with Crippen LogP contribution >= 0.6 is 15.9 Å². The molecule has 1 atom stereocenters. The van der Waals surface area contributed by atoms with Crippen molar-refractivity contribution < 1.29 is 9.47 Å². The van der Waals surface area contributed by atoms with Crippen molar-refractivity contribution in [2.75, 3.05) is 20.3 Å². The van der Waals surface area contributed by atoms with E-state index < -0.39 is 0 Å². The molecular formula is C17H20BrNO2. The van der Waals surface area contributed by atoms with Gasteiger partial charge in [-0.15, -0.1) is 0 Å². The molecule has 0 saturated heterocycles. The van der Waals surface area contributed by atoms with Gasteiger partial charge in [-0.25, -0.2) is 0 Å². The van der Waals surface area contributed by atoms with Gasteiger partial charge in [0.2, 0.25) is 0 Å². The van der Waals surface area contributed by atoms with Crippen LogP contribution in [0.5, 0.6) is 5.75 Å². The molecule has 2 aromatic carbocycles. The van der Waals surface area contributed by atoms with Crippen molar-refractivity contribution >= 4 is 26.7 Å². The van der Waals surface area contributed by atoms with Crippen LogP contribution in [0.3, 0.4) is 0 Å². The average Bonchev–Trinajstić information content (AvgIpc) is 3.29. The minimum absolute atomic E-state index is 0.0449. The molecule has 0 aromatic heterocycles. The molecule has 1 saturated carbocycles. The lowest BCUT2D eigenvalue weighted by Crippen LogP contribution is -2.35. The molecule has 1 aliphatic rings. The molecular weight excluding hydrogens is 330 g/mol. The summed E-state index contributed by atoms with van der Waals surface area (Å²) in [5.41, 5.74) is 0. The van der Waals surface area contributed by atoms with E-state index in [9.17, 15) is 0 Å². The summed E-state index contributed by atoms with van der Waals surface area (Å²) in [6.07, 6.45) is 2.61. The van der Waals surface area contributed by atoms with Crippen LogP contribution < -0.4 is 10.1 Å². The Balaban J connectivity index is 1.69. The fourth-order valence-electron chi connectivity index (χ4n) is 2.37. The lowest BCUT2D eigenvalue weighted by molar-refractivity contribution is 0.0805. The summed E-state index contributed by atoms with van der Waals surface area (Å²) in [6.45, 7) is 1.43. The third-order valence-corrected chi connectivity index (χ3v) is 4.13. The van der Waals surface area contributed by atoms with E-state index in [2.05, 4.69) is 45.5 Å². The first kappa shape index (κ1) is 14.8. The van der Waals surface area contributed by atoms with Gasteiger partial charge < -0.3 is 14.8 Å². The van der Waals surface area contributed by atoms with Gasteiger partial charge in [0.05, 0.1) is 6.61 Å². The number of halogens is 1. The van der Waals surface area contributed by atoms with E-state index >= 15 is 0 Å². The molecule has 0 bridgehead atoms. The first-order chi connectivity index (χ1) is 10.2. The molecule has 0 amide bonds. The van der Waals surface area contributed by atoms with Gasteiger partial charge in [0.1, 0.15) is 11.9 Å². The topological polar surface area (TPSA) is 30.5 Å². The maximum Gasteiger partial charge on any atom is 0.134 e. The van der Waals surface area contributed by atoms with Gasteiger partial charge in [0, 0.05) is 24.2 Å². The summed E-state index contributed by atoms with van der Waals surface area (Å²) < 4.78 is 12.4. The van der Waals surface area contributed by atoms with E-state index in [1.54, 1.807) is 7.11 Å². The summed E-state index contributed by atoms with van der Waals surface area (Å²) in [6, 6.07) is 13.1. The predicted octanol–water partition coefficient (Wildman–Crippen LogP) is 3.75. The monoisotopic (exact) mass is 349 g/mol. The number of hydrogen-bond acceptors (Lipinski definition) is 3. The fourth-order valence-corrected chi connectivity index (χ4v) is 2.75. The largest absolute Gasteiger partial charge is 0.487 e. The quantitative estimate of drug-likeness (QED) is 0.825. The molecule has 2 aromatic rings. The van der Waals surface area contributed by atoms with Crippen molar-refractivity contribution in [3.8, 4) is 5.75 Å². The maximum absolute atomic E-state index is 6.07. The van der Waals surface area contributed by atoms with Crippen molar-refractivity contribution in [2.24, 2.45) is 0 Å². The molecule has 1 N–H and O–H groups in total. The second-order valence-electron chi connectivity index (χ2n) is 5.53. The van der Waals surface area contributed by atoms with E-state index in [1.807, 2.05) is 12.1 Å². The minimum atomic E-state index is 0.0449. The molecule has 4 heteroatoms. The number of fused-ring (bicyclic) bond motifs is 1. The number of ether oxygens (including phenoxy) is 2. The first-order valence-electron chi connectivity index (χ1n) is 7.33. The first-order valence-corrected chi connectivity index (χ1v) is 8.12. The van der Waals surface area contributed by atoms with Gasteiger partial charge in [-0.05, 0) is 47.9 Å². The van der Waals surface area contributed by atoms with Crippen LogP contribution in [0.25, 0.3) is 10.8 Å². The van der Waals surface area contributed by atoms with Crippen LogP contribution in [0, 0.1) is 0 Å². The number of rotatable bonds is 7. The molecule has 0 radical (unpaired) electrons. The number of benzene rings is 2. The molecule has 1 fully saturated rings. The van der Waals surface area contributed by atoms with Crippen molar-refractivity contribution in [1.82, 2.24) is 5.32 Å². The highest BCUT2D eigenvalue weighted by molar-refractivity contribution is 9.10. The second kappa shape index (κ2) is 6.77. The van der Waals surface area contributed by atoms with Gasteiger partial charge in [0.25, 0.3) is 0 Å². The highest BCUT2D eigenvalue weighted by atomic mass is 79.9. The van der Waals surface area contributed by atoms with E-state index in [0.29, 0.717) is 12.6 Å². The van der Waals surface area contributed by atoms with Crippen molar-refractivity contribution in [3.63, 3.8) is 0 Å². The predicted molar refractivity (Wildman–Crippen MR) is 89.0 cm³/mol. The summed E-state index contributed by atoms with van der Waals surface area (Å²) in [5, 5.41) is 5.88. The number of nitrogens with one attached hydrogen (secondary N) is 1. The van der Waals surface area contributed by atoms with Crippen LogP contribution in [0.4, 0.5) is 0 Å². The Morgan fingerprint density at radius 2 is 1.95 bits per heavy atom. The normalized spacial score (nSPS) is 16.1. The SMILES string of the molecule is COCC(CNC1CC1)Oc1ccc2cc(Br)ccc2c1. The van der Waals surface area contributed by atoms with Gasteiger partial charge in [-0.3, -0.25) is 0 Å². The highest BCUT2D eigenvalue weighted by Crippen LogP contribution is 2.25. The Kier molecular flexibility index (Phi) is 4.78. The van der Waals surface area contributed by atoms with E-state index in [4.69, 9.17) is 9.47 Å². The third-order valence-electron chi connectivity index (χ3n) is 3.64. The van der Waals surface area contributed by atoms with Crippen LogP contribution in [0.2, 0.25) is 0 Å². The molecule has 1 unspecified atom stereocenters. The molecule has 0 heterocycles. The summed E-state index contributed by atoms with van der Waals surface area (Å²) >= 11 is 3.50. The Morgan fingerprint density at radius 3 is 2.71 bits per heavy atom. The van der Waals surface area contributed by atoms with E-state index in [1.165, 1.54) is 23.6 Å². The smallest absolute Gasteiger partial charge is 0.134 e. The lowest BCUT2D eigenvalue weighted by atomic mass is 10.1. The molecule has 21 heavy (non-hydrogen) atoms. The summed E-state index contributed by atoms with van der Waals surface area (Å²) in [5.74, 6) is 0.893. The van der Waals surface area contributed by atoms with Crippen LogP contribution in [-0.4, -0.2) is 32.4 Å². The second-order valence-corrected chi connectivity index (χ2v) is 6.45. The number of methoxy groups -OCH3 is 1. The number of hydrogen-bond donors (Lipinski definition) is 1. The molecule has 3 rings (SSSR count). The van der Waals surface area contributed by atoms with Gasteiger partial charge >= 0.3 is 0 Å². The zero-order valence-electron chi connectivity index (χ0n) is 12.1. The highest BCUT2D eigenvalue weighted by Gasteiger charge is 2.22. The summed E-state index contributed by atoms with van der Waals surface area (Å²) in [4.78, 5) is 0. The molecule has 3 nitrogen and oxygen atoms in total. The van der Waals surface area contributed by atoms with Crippen molar-refractivity contribution in [3.05, 3.63) is 40.9 Å². The fraction of sp³-hybridized carbons (Fsp3) is 0.412. The van der Waals surface area contributed by atoms with Crippen LogP contribution in [-0.2, 0) is 4.74 Å². The van der Waals surface area contributed by atoms with E-state index in [-0.39, 0.29) is 6.10 Å². The van der Waals surface area contributed by atoms with E-state index in [0.717, 1.165) is 16.8 Å². The van der Waals surface area contributed by atoms with Crippen molar-refractivity contribution in [1.29, 1.82) is 0 Å². The molecule has 0 aliphatic heterocycles. The summed E-state index contributed by atoms with van der Waals surface area (Å²) in [7, 11) is 1.71. The zero-order chi connectivity index (χ0) is 14.7. The molecule has 1 aliphatic carbocycles.